The van der Waals surface area contributed by atoms with Crippen LogP contribution >= 0.6 is 0 Å². The third-order valence-electron chi connectivity index (χ3n) is 5.00. The number of nitrogen functional groups attached to an aromatic ring is 1. The first kappa shape index (κ1) is 15.6. The molecule has 0 unspecified atom stereocenters. The van der Waals surface area contributed by atoms with E-state index in [0.717, 1.165) is 55.6 Å². The summed E-state index contributed by atoms with van der Waals surface area (Å²) in [6, 6.07) is 18.4. The molecule has 0 aliphatic rings. The Morgan fingerprint density at radius 2 is 1.67 bits per heavy atom. The lowest BCUT2D eigenvalue weighted by Gasteiger charge is -2.07. The molecule has 0 saturated heterocycles. The molecule has 0 amide bonds. The standard InChI is InChI=1S/C23H17N3O/c1-14-19(24)10-9-18-21-17(20-13-25-11-12-26-20)8-7-16(23(21)27-22(14)18)15-5-3-2-4-6-15/h2-13H,24H2,1H3. The normalized spacial score (nSPS) is 11.3. The molecular formula is C23H17N3O. The molecule has 0 radical (unpaired) electrons. The van der Waals surface area contributed by atoms with Gasteiger partial charge in [0.1, 0.15) is 11.2 Å². The average Bonchev–Trinajstić information content (AvgIpc) is 3.12. The van der Waals surface area contributed by atoms with Crippen LogP contribution in [0.4, 0.5) is 5.69 Å². The summed E-state index contributed by atoms with van der Waals surface area (Å²) in [5.74, 6) is 0. The van der Waals surface area contributed by atoms with Gasteiger partial charge in [-0.1, -0.05) is 36.4 Å². The van der Waals surface area contributed by atoms with Gasteiger partial charge in [0.2, 0.25) is 0 Å². The molecule has 5 aromatic rings. The highest BCUT2D eigenvalue weighted by molar-refractivity contribution is 6.16. The molecule has 130 valence electrons. The van der Waals surface area contributed by atoms with Crippen molar-refractivity contribution < 1.29 is 4.42 Å². The van der Waals surface area contributed by atoms with Crippen LogP contribution in [0.2, 0.25) is 0 Å². The highest BCUT2D eigenvalue weighted by Gasteiger charge is 2.19. The second-order valence-electron chi connectivity index (χ2n) is 6.58. The summed E-state index contributed by atoms with van der Waals surface area (Å²) in [5, 5.41) is 2.07. The van der Waals surface area contributed by atoms with Crippen LogP contribution < -0.4 is 5.73 Å². The molecule has 0 aliphatic heterocycles. The predicted molar refractivity (Wildman–Crippen MR) is 109 cm³/mol. The first-order valence-corrected chi connectivity index (χ1v) is 8.80. The number of benzene rings is 3. The van der Waals surface area contributed by atoms with Gasteiger partial charge in [0.05, 0.1) is 11.9 Å². The fourth-order valence-electron chi connectivity index (χ4n) is 3.59. The number of nitrogens with zero attached hydrogens (tertiary/aromatic N) is 2. The van der Waals surface area contributed by atoms with Crippen molar-refractivity contribution in [3.05, 3.63) is 78.8 Å². The van der Waals surface area contributed by atoms with Crippen molar-refractivity contribution in [3.63, 3.8) is 0 Å². The maximum atomic E-state index is 6.38. The minimum absolute atomic E-state index is 0.726. The molecule has 5 rings (SSSR count). The van der Waals surface area contributed by atoms with Gasteiger partial charge in [-0.25, -0.2) is 0 Å². The van der Waals surface area contributed by atoms with Gasteiger partial charge in [0.25, 0.3) is 0 Å². The second kappa shape index (κ2) is 5.95. The molecule has 27 heavy (non-hydrogen) atoms. The van der Waals surface area contributed by atoms with Crippen molar-refractivity contribution in [1.29, 1.82) is 0 Å². The zero-order chi connectivity index (χ0) is 18.4. The summed E-state index contributed by atoms with van der Waals surface area (Å²) in [6.45, 7) is 1.99. The third kappa shape index (κ3) is 2.38. The van der Waals surface area contributed by atoms with Crippen LogP contribution in [0.3, 0.4) is 0 Å². The molecule has 0 atom stereocenters. The Hall–Kier alpha value is -3.66. The van der Waals surface area contributed by atoms with Crippen LogP contribution in [0.5, 0.6) is 0 Å². The zero-order valence-corrected chi connectivity index (χ0v) is 14.8. The Morgan fingerprint density at radius 1 is 0.852 bits per heavy atom. The van der Waals surface area contributed by atoms with E-state index in [1.165, 1.54) is 0 Å². The average molecular weight is 351 g/mol. The minimum atomic E-state index is 0.726. The van der Waals surface area contributed by atoms with E-state index in [-0.39, 0.29) is 0 Å². The van der Waals surface area contributed by atoms with E-state index in [1.54, 1.807) is 18.6 Å². The Bertz CT molecular complexity index is 1280. The topological polar surface area (TPSA) is 64.9 Å². The first-order chi connectivity index (χ1) is 13.2. The van der Waals surface area contributed by atoms with Gasteiger partial charge in [-0.2, -0.15) is 0 Å². The van der Waals surface area contributed by atoms with E-state index < -0.39 is 0 Å². The van der Waals surface area contributed by atoms with E-state index in [0.29, 0.717) is 0 Å². The number of hydrogen-bond donors (Lipinski definition) is 1. The van der Waals surface area contributed by atoms with E-state index in [9.17, 15) is 0 Å². The summed E-state index contributed by atoms with van der Waals surface area (Å²) < 4.78 is 6.38. The highest BCUT2D eigenvalue weighted by Crippen LogP contribution is 2.42. The Labute approximate surface area is 156 Å². The largest absolute Gasteiger partial charge is 0.455 e. The molecular weight excluding hydrogens is 334 g/mol. The number of anilines is 1. The molecule has 2 heterocycles. The number of furan rings is 1. The van der Waals surface area contributed by atoms with Crippen LogP contribution in [0.15, 0.2) is 77.6 Å². The number of rotatable bonds is 2. The zero-order valence-electron chi connectivity index (χ0n) is 14.8. The fourth-order valence-corrected chi connectivity index (χ4v) is 3.59. The van der Waals surface area contributed by atoms with Crippen molar-refractivity contribution in [2.75, 3.05) is 5.73 Å². The fraction of sp³-hybridized carbons (Fsp3) is 0.0435. The third-order valence-corrected chi connectivity index (χ3v) is 5.00. The molecule has 0 aliphatic carbocycles. The Kier molecular flexibility index (Phi) is 3.44. The Balaban J connectivity index is 1.95. The van der Waals surface area contributed by atoms with E-state index in [2.05, 4.69) is 34.2 Å². The quantitative estimate of drug-likeness (QED) is 0.420. The number of hydrogen-bond acceptors (Lipinski definition) is 4. The first-order valence-electron chi connectivity index (χ1n) is 8.80. The maximum Gasteiger partial charge on any atom is 0.143 e. The molecule has 0 spiro atoms. The van der Waals surface area contributed by atoms with Gasteiger partial charge >= 0.3 is 0 Å². The van der Waals surface area contributed by atoms with Gasteiger partial charge < -0.3 is 10.2 Å². The second-order valence-corrected chi connectivity index (χ2v) is 6.58. The van der Waals surface area contributed by atoms with Crippen LogP contribution in [0.25, 0.3) is 44.3 Å². The molecule has 3 aromatic carbocycles. The highest BCUT2D eigenvalue weighted by atomic mass is 16.3. The number of aromatic nitrogens is 2. The van der Waals surface area contributed by atoms with Crippen molar-refractivity contribution in [2.45, 2.75) is 6.92 Å². The lowest BCUT2D eigenvalue weighted by atomic mass is 9.96. The predicted octanol–water partition coefficient (Wildman–Crippen LogP) is 5.60. The molecule has 4 heteroatoms. The molecule has 2 N–H and O–H groups in total. The summed E-state index contributed by atoms with van der Waals surface area (Å²) >= 11 is 0. The van der Waals surface area contributed by atoms with Gasteiger partial charge in [-0.05, 0) is 30.7 Å². The molecule has 4 nitrogen and oxygen atoms in total. The van der Waals surface area contributed by atoms with Crippen LogP contribution in [-0.2, 0) is 0 Å². The Morgan fingerprint density at radius 3 is 2.44 bits per heavy atom. The maximum absolute atomic E-state index is 6.38. The van der Waals surface area contributed by atoms with Crippen molar-refractivity contribution >= 4 is 27.6 Å². The van der Waals surface area contributed by atoms with E-state index in [4.69, 9.17) is 10.2 Å². The van der Waals surface area contributed by atoms with E-state index in [1.807, 2.05) is 37.3 Å². The lowest BCUT2D eigenvalue weighted by Crippen LogP contribution is -1.89. The van der Waals surface area contributed by atoms with Crippen molar-refractivity contribution in [2.24, 2.45) is 0 Å². The summed E-state index contributed by atoms with van der Waals surface area (Å²) in [5.41, 5.74) is 13.4. The molecule has 0 fully saturated rings. The van der Waals surface area contributed by atoms with Crippen LogP contribution in [0.1, 0.15) is 5.56 Å². The van der Waals surface area contributed by atoms with Gasteiger partial charge in [-0.3, -0.25) is 9.97 Å². The summed E-state index contributed by atoms with van der Waals surface area (Å²) in [7, 11) is 0. The summed E-state index contributed by atoms with van der Waals surface area (Å²) in [6.07, 6.45) is 5.16. The van der Waals surface area contributed by atoms with Gasteiger partial charge in [0, 0.05) is 45.5 Å². The van der Waals surface area contributed by atoms with Gasteiger partial charge in [0.15, 0.2) is 0 Å². The van der Waals surface area contributed by atoms with Crippen molar-refractivity contribution in [1.82, 2.24) is 9.97 Å². The lowest BCUT2D eigenvalue weighted by molar-refractivity contribution is 0.667. The smallest absolute Gasteiger partial charge is 0.143 e. The monoisotopic (exact) mass is 351 g/mol. The SMILES string of the molecule is Cc1c(N)ccc2c1oc1c(-c3ccccc3)ccc(-c3cnccn3)c12. The number of nitrogens with two attached hydrogens (primary N) is 1. The van der Waals surface area contributed by atoms with Crippen LogP contribution in [0, 0.1) is 6.92 Å². The number of fused-ring (bicyclic) bond motifs is 3. The van der Waals surface area contributed by atoms with Crippen LogP contribution in [-0.4, -0.2) is 9.97 Å². The molecule has 0 saturated carbocycles. The molecule has 2 aromatic heterocycles. The number of aryl methyl sites for hydroxylation is 1. The minimum Gasteiger partial charge on any atom is -0.455 e. The molecule has 0 bridgehead atoms. The van der Waals surface area contributed by atoms with Gasteiger partial charge in [-0.15, -0.1) is 0 Å². The summed E-state index contributed by atoms with van der Waals surface area (Å²) in [4.78, 5) is 8.73. The van der Waals surface area contributed by atoms with Crippen molar-refractivity contribution in [3.8, 4) is 22.4 Å². The van der Waals surface area contributed by atoms with E-state index >= 15 is 0 Å².